The van der Waals surface area contributed by atoms with Crippen molar-refractivity contribution >= 4 is 16.8 Å². The first-order valence-electron chi connectivity index (χ1n) is 8.35. The van der Waals surface area contributed by atoms with E-state index in [2.05, 4.69) is 9.97 Å². The van der Waals surface area contributed by atoms with Crippen LogP contribution in [-0.2, 0) is 6.54 Å². The second kappa shape index (κ2) is 6.07. The lowest BCUT2D eigenvalue weighted by atomic mass is 10.1. The number of aromatic nitrogens is 3. The molecule has 3 heterocycles. The van der Waals surface area contributed by atoms with E-state index in [9.17, 15) is 4.79 Å². The van der Waals surface area contributed by atoms with Gasteiger partial charge >= 0.3 is 0 Å². The summed E-state index contributed by atoms with van der Waals surface area (Å²) in [5.41, 5.74) is 2.66. The summed E-state index contributed by atoms with van der Waals surface area (Å²) in [5.74, 6) is 0.111. The molecule has 5 nitrogen and oxygen atoms in total. The predicted octanol–water partition coefficient (Wildman–Crippen LogP) is 3.04. The van der Waals surface area contributed by atoms with Crippen molar-refractivity contribution in [2.45, 2.75) is 32.4 Å². The molecule has 1 aliphatic heterocycles. The van der Waals surface area contributed by atoms with Gasteiger partial charge in [-0.15, -0.1) is 0 Å². The molecule has 24 heavy (non-hydrogen) atoms. The van der Waals surface area contributed by atoms with Gasteiger partial charge in [0.05, 0.1) is 11.8 Å². The first-order chi connectivity index (χ1) is 11.7. The molecule has 1 aromatic carbocycles. The lowest BCUT2D eigenvalue weighted by molar-refractivity contribution is 0.0724. The van der Waals surface area contributed by atoms with Crippen LogP contribution in [0.25, 0.3) is 10.9 Å². The van der Waals surface area contributed by atoms with Crippen LogP contribution >= 0.6 is 0 Å². The van der Waals surface area contributed by atoms with E-state index in [4.69, 9.17) is 0 Å². The van der Waals surface area contributed by atoms with Gasteiger partial charge in [-0.3, -0.25) is 9.78 Å². The summed E-state index contributed by atoms with van der Waals surface area (Å²) < 4.78 is 2.04. The first kappa shape index (κ1) is 14.9. The Morgan fingerprint density at radius 2 is 2.21 bits per heavy atom. The van der Waals surface area contributed by atoms with E-state index in [0.29, 0.717) is 0 Å². The number of benzene rings is 1. The van der Waals surface area contributed by atoms with Crippen LogP contribution < -0.4 is 0 Å². The number of amides is 1. The molecule has 1 saturated heterocycles. The summed E-state index contributed by atoms with van der Waals surface area (Å²) in [6.07, 6.45) is 7.63. The molecule has 0 unspecified atom stereocenters. The maximum absolute atomic E-state index is 13.0. The lowest BCUT2D eigenvalue weighted by Crippen LogP contribution is -2.37. The van der Waals surface area contributed by atoms with Crippen LogP contribution in [0.15, 0.2) is 49.1 Å². The zero-order valence-corrected chi connectivity index (χ0v) is 13.7. The molecule has 0 radical (unpaired) electrons. The van der Waals surface area contributed by atoms with Gasteiger partial charge in [-0.05, 0) is 44.0 Å². The fourth-order valence-electron chi connectivity index (χ4n) is 3.46. The van der Waals surface area contributed by atoms with Crippen LogP contribution in [0.1, 0.15) is 28.9 Å². The summed E-state index contributed by atoms with van der Waals surface area (Å²) in [5, 5.41) is 1.01. The summed E-state index contributed by atoms with van der Waals surface area (Å²) in [6.45, 7) is 3.60. The number of aryl methyl sites for hydroxylation is 1. The van der Waals surface area contributed by atoms with E-state index in [-0.39, 0.29) is 11.9 Å². The van der Waals surface area contributed by atoms with Crippen molar-refractivity contribution in [2.24, 2.45) is 0 Å². The molecule has 5 heteroatoms. The van der Waals surface area contributed by atoms with Gasteiger partial charge in [-0.2, -0.15) is 0 Å². The summed E-state index contributed by atoms with van der Waals surface area (Å²) in [6, 6.07) is 10.0. The number of nitrogens with zero attached hydrogens (tertiary/aromatic N) is 4. The van der Waals surface area contributed by atoms with Gasteiger partial charge in [0, 0.05) is 48.2 Å². The lowest BCUT2D eigenvalue weighted by Gasteiger charge is -2.25. The molecule has 0 N–H and O–H groups in total. The van der Waals surface area contributed by atoms with Crippen molar-refractivity contribution in [2.75, 3.05) is 6.54 Å². The van der Waals surface area contributed by atoms with Crippen molar-refractivity contribution in [1.82, 2.24) is 19.4 Å². The fraction of sp³-hybridized carbons (Fsp3) is 0.316. The second-order valence-electron chi connectivity index (χ2n) is 6.41. The Morgan fingerprint density at radius 1 is 1.29 bits per heavy atom. The molecule has 3 aromatic rings. The molecule has 0 saturated carbocycles. The van der Waals surface area contributed by atoms with Gasteiger partial charge in [0.1, 0.15) is 0 Å². The molecular weight excluding hydrogens is 300 g/mol. The van der Waals surface area contributed by atoms with Gasteiger partial charge in [0.15, 0.2) is 0 Å². The van der Waals surface area contributed by atoms with Crippen LogP contribution in [-0.4, -0.2) is 37.9 Å². The maximum Gasteiger partial charge on any atom is 0.254 e. The third-order valence-electron chi connectivity index (χ3n) is 4.69. The van der Waals surface area contributed by atoms with E-state index in [1.165, 1.54) is 0 Å². The molecule has 0 aliphatic carbocycles. The molecule has 1 amide bonds. The zero-order valence-electron chi connectivity index (χ0n) is 13.7. The van der Waals surface area contributed by atoms with Crippen molar-refractivity contribution in [1.29, 1.82) is 0 Å². The largest absolute Gasteiger partial charge is 0.335 e. The minimum absolute atomic E-state index is 0.111. The Labute approximate surface area is 140 Å². The Bertz CT molecular complexity index is 872. The van der Waals surface area contributed by atoms with Crippen molar-refractivity contribution in [3.8, 4) is 0 Å². The van der Waals surface area contributed by atoms with E-state index in [0.717, 1.165) is 48.1 Å². The normalized spacial score (nSPS) is 17.5. The first-order valence-corrected chi connectivity index (χ1v) is 8.35. The highest BCUT2D eigenvalue weighted by Gasteiger charge is 2.29. The van der Waals surface area contributed by atoms with Crippen molar-refractivity contribution < 1.29 is 4.79 Å². The molecule has 4 rings (SSSR count). The number of likely N-dealkylation sites (tertiary alicyclic amines) is 1. The third kappa shape index (κ3) is 2.77. The summed E-state index contributed by atoms with van der Waals surface area (Å²) >= 11 is 0. The van der Waals surface area contributed by atoms with Crippen molar-refractivity contribution in [3.63, 3.8) is 0 Å². The average Bonchev–Trinajstić information content (AvgIpc) is 3.26. The predicted molar refractivity (Wildman–Crippen MR) is 92.8 cm³/mol. The second-order valence-corrected chi connectivity index (χ2v) is 6.41. The van der Waals surface area contributed by atoms with E-state index in [1.54, 1.807) is 6.20 Å². The highest BCUT2D eigenvalue weighted by molar-refractivity contribution is 5.98. The van der Waals surface area contributed by atoms with Gasteiger partial charge in [0.25, 0.3) is 5.91 Å². The smallest absolute Gasteiger partial charge is 0.254 e. The number of hydrogen-bond acceptors (Lipinski definition) is 3. The Balaban J connectivity index is 1.59. The molecule has 1 atom stereocenters. The molecular formula is C19H20N4O. The van der Waals surface area contributed by atoms with Crippen LogP contribution in [0.4, 0.5) is 0 Å². The highest BCUT2D eigenvalue weighted by Crippen LogP contribution is 2.23. The van der Waals surface area contributed by atoms with Gasteiger partial charge in [-0.1, -0.05) is 6.07 Å². The monoisotopic (exact) mass is 320 g/mol. The number of hydrogen-bond donors (Lipinski definition) is 0. The van der Waals surface area contributed by atoms with Crippen LogP contribution in [0.5, 0.6) is 0 Å². The summed E-state index contributed by atoms with van der Waals surface area (Å²) in [7, 11) is 0. The van der Waals surface area contributed by atoms with Crippen LogP contribution in [0, 0.1) is 6.92 Å². The summed E-state index contributed by atoms with van der Waals surface area (Å²) in [4.78, 5) is 23.6. The maximum atomic E-state index is 13.0. The molecule has 122 valence electrons. The zero-order chi connectivity index (χ0) is 16.5. The highest BCUT2D eigenvalue weighted by atomic mass is 16.2. The molecule has 0 spiro atoms. The molecule has 1 fully saturated rings. The molecule has 2 aromatic heterocycles. The van der Waals surface area contributed by atoms with E-state index >= 15 is 0 Å². The van der Waals surface area contributed by atoms with Crippen molar-refractivity contribution in [3.05, 3.63) is 60.3 Å². The standard InChI is InChI=1S/C19H20N4O/c1-14-4-5-15-11-16(6-7-18(15)21-14)19(24)23-9-2-3-17(23)12-22-10-8-20-13-22/h4-8,10-11,13,17H,2-3,9,12H2,1H3/t17-/m1/s1. The fourth-order valence-corrected chi connectivity index (χ4v) is 3.46. The minimum atomic E-state index is 0.111. The van der Waals surface area contributed by atoms with Gasteiger partial charge < -0.3 is 9.47 Å². The SMILES string of the molecule is Cc1ccc2cc(C(=O)N3CCC[C@@H]3Cn3ccnc3)ccc2n1. The Hall–Kier alpha value is -2.69. The van der Waals surface area contributed by atoms with E-state index < -0.39 is 0 Å². The quantitative estimate of drug-likeness (QED) is 0.745. The number of rotatable bonds is 3. The number of pyridine rings is 1. The van der Waals surface area contributed by atoms with Crippen LogP contribution in [0.2, 0.25) is 0 Å². The number of imidazole rings is 1. The Morgan fingerprint density at radius 3 is 3.04 bits per heavy atom. The van der Waals surface area contributed by atoms with Gasteiger partial charge in [-0.25, -0.2) is 4.98 Å². The third-order valence-corrected chi connectivity index (χ3v) is 4.69. The van der Waals surface area contributed by atoms with Crippen LogP contribution in [0.3, 0.4) is 0 Å². The topological polar surface area (TPSA) is 51.0 Å². The molecule has 1 aliphatic rings. The molecule has 0 bridgehead atoms. The van der Waals surface area contributed by atoms with E-state index in [1.807, 2.05) is 59.2 Å². The van der Waals surface area contributed by atoms with Gasteiger partial charge in [0.2, 0.25) is 0 Å². The minimum Gasteiger partial charge on any atom is -0.335 e. The number of carbonyl (C=O) groups is 1. The number of carbonyl (C=O) groups excluding carboxylic acids is 1. The average molecular weight is 320 g/mol. The number of fused-ring (bicyclic) bond motifs is 1. The Kier molecular flexibility index (Phi) is 3.76.